The van der Waals surface area contributed by atoms with E-state index in [-0.39, 0.29) is 11.0 Å². The first-order valence-corrected chi connectivity index (χ1v) is 7.23. The number of anilines is 1. The lowest BCUT2D eigenvalue weighted by molar-refractivity contribution is 0.465. The van der Waals surface area contributed by atoms with E-state index in [0.29, 0.717) is 0 Å². The third kappa shape index (κ3) is 5.65. The van der Waals surface area contributed by atoms with Gasteiger partial charge in [-0.15, -0.1) is 0 Å². The van der Waals surface area contributed by atoms with Crippen molar-refractivity contribution in [1.29, 1.82) is 0 Å². The van der Waals surface area contributed by atoms with Gasteiger partial charge in [-0.05, 0) is 56.2 Å². The SMILES string of the molecule is Cc1ccc(C(C)(C)C)cc1NCCCC(C)(C)N. The third-order valence-corrected chi connectivity index (χ3v) is 3.42. The van der Waals surface area contributed by atoms with Crippen molar-refractivity contribution < 1.29 is 0 Å². The normalized spacial score (nSPS) is 12.6. The molecule has 2 heteroatoms. The Morgan fingerprint density at radius 3 is 2.26 bits per heavy atom. The quantitative estimate of drug-likeness (QED) is 0.780. The molecule has 0 unspecified atom stereocenters. The highest BCUT2D eigenvalue weighted by molar-refractivity contribution is 5.53. The number of hydrogen-bond acceptors (Lipinski definition) is 2. The molecule has 1 aromatic carbocycles. The molecule has 0 aromatic heterocycles. The number of aryl methyl sites for hydroxylation is 1. The van der Waals surface area contributed by atoms with Gasteiger partial charge >= 0.3 is 0 Å². The topological polar surface area (TPSA) is 38.0 Å². The maximum atomic E-state index is 6.00. The van der Waals surface area contributed by atoms with E-state index in [4.69, 9.17) is 5.73 Å². The highest BCUT2D eigenvalue weighted by Gasteiger charge is 2.14. The summed E-state index contributed by atoms with van der Waals surface area (Å²) < 4.78 is 0. The van der Waals surface area contributed by atoms with Crippen LogP contribution in [0.3, 0.4) is 0 Å². The van der Waals surface area contributed by atoms with Gasteiger partial charge in [-0.1, -0.05) is 32.9 Å². The van der Waals surface area contributed by atoms with Crippen molar-refractivity contribution in [3.05, 3.63) is 29.3 Å². The molecule has 0 aliphatic rings. The minimum atomic E-state index is -0.0655. The minimum Gasteiger partial charge on any atom is -0.385 e. The van der Waals surface area contributed by atoms with E-state index in [9.17, 15) is 0 Å². The fourth-order valence-electron chi connectivity index (χ4n) is 2.05. The Hall–Kier alpha value is -1.02. The van der Waals surface area contributed by atoms with Gasteiger partial charge in [0.15, 0.2) is 0 Å². The van der Waals surface area contributed by atoms with Crippen LogP contribution in [0.25, 0.3) is 0 Å². The number of rotatable bonds is 5. The first kappa shape index (κ1) is 16.0. The van der Waals surface area contributed by atoms with Crippen molar-refractivity contribution in [2.45, 2.75) is 65.3 Å². The van der Waals surface area contributed by atoms with Crippen molar-refractivity contribution in [2.75, 3.05) is 11.9 Å². The second-order valence-electron chi connectivity index (χ2n) is 7.30. The molecule has 0 bridgehead atoms. The van der Waals surface area contributed by atoms with Crippen LogP contribution in [0, 0.1) is 6.92 Å². The van der Waals surface area contributed by atoms with Gasteiger partial charge in [0.05, 0.1) is 0 Å². The molecule has 0 heterocycles. The van der Waals surface area contributed by atoms with Crippen LogP contribution in [0.4, 0.5) is 5.69 Å². The van der Waals surface area contributed by atoms with Crippen LogP contribution in [0.1, 0.15) is 58.6 Å². The van der Waals surface area contributed by atoms with Gasteiger partial charge in [-0.3, -0.25) is 0 Å². The van der Waals surface area contributed by atoms with Crippen LogP contribution >= 0.6 is 0 Å². The molecule has 0 aliphatic carbocycles. The third-order valence-electron chi connectivity index (χ3n) is 3.42. The molecule has 0 fully saturated rings. The van der Waals surface area contributed by atoms with Crippen molar-refractivity contribution in [1.82, 2.24) is 0 Å². The first-order chi connectivity index (χ1) is 8.59. The predicted octanol–water partition coefficient (Wildman–Crippen LogP) is 4.22. The second-order valence-corrected chi connectivity index (χ2v) is 7.30. The molecule has 1 aromatic rings. The summed E-state index contributed by atoms with van der Waals surface area (Å²) in [6.07, 6.45) is 2.14. The zero-order valence-electron chi connectivity index (χ0n) is 13.4. The highest BCUT2D eigenvalue weighted by atomic mass is 14.9. The first-order valence-electron chi connectivity index (χ1n) is 7.23. The predicted molar refractivity (Wildman–Crippen MR) is 85.9 cm³/mol. The maximum absolute atomic E-state index is 6.00. The second kappa shape index (κ2) is 5.96. The molecule has 1 rings (SSSR count). The molecule has 0 saturated carbocycles. The molecule has 0 amide bonds. The lowest BCUT2D eigenvalue weighted by Gasteiger charge is -2.22. The van der Waals surface area contributed by atoms with E-state index in [0.717, 1.165) is 19.4 Å². The Labute approximate surface area is 118 Å². The Morgan fingerprint density at radius 1 is 1.11 bits per heavy atom. The summed E-state index contributed by atoms with van der Waals surface area (Å²) in [7, 11) is 0. The van der Waals surface area contributed by atoms with Crippen LogP contribution in [0.15, 0.2) is 18.2 Å². The summed E-state index contributed by atoms with van der Waals surface area (Å²) in [6, 6.07) is 6.71. The number of nitrogens with two attached hydrogens (primary N) is 1. The Morgan fingerprint density at radius 2 is 1.74 bits per heavy atom. The summed E-state index contributed by atoms with van der Waals surface area (Å²) in [6.45, 7) is 14.0. The number of nitrogens with one attached hydrogen (secondary N) is 1. The zero-order valence-corrected chi connectivity index (χ0v) is 13.4. The molecule has 0 saturated heterocycles. The van der Waals surface area contributed by atoms with E-state index in [1.165, 1.54) is 16.8 Å². The lowest BCUT2D eigenvalue weighted by atomic mass is 9.86. The molecule has 0 radical (unpaired) electrons. The van der Waals surface area contributed by atoms with E-state index in [2.05, 4.69) is 65.1 Å². The van der Waals surface area contributed by atoms with E-state index in [1.54, 1.807) is 0 Å². The standard InChI is InChI=1S/C17H30N2/c1-13-8-9-14(16(2,3)4)12-15(13)19-11-7-10-17(5,6)18/h8-9,12,19H,7,10-11,18H2,1-6H3. The monoisotopic (exact) mass is 262 g/mol. The van der Waals surface area contributed by atoms with E-state index < -0.39 is 0 Å². The zero-order chi connectivity index (χ0) is 14.7. The van der Waals surface area contributed by atoms with Crippen molar-refractivity contribution in [2.24, 2.45) is 5.73 Å². The van der Waals surface area contributed by atoms with Crippen molar-refractivity contribution >= 4 is 5.69 Å². The summed E-state index contributed by atoms with van der Waals surface area (Å²) >= 11 is 0. The Bertz CT molecular complexity index is 408. The van der Waals surface area contributed by atoms with Gasteiger partial charge in [-0.2, -0.15) is 0 Å². The van der Waals surface area contributed by atoms with Gasteiger partial charge in [0.2, 0.25) is 0 Å². The van der Waals surface area contributed by atoms with E-state index in [1.807, 2.05) is 0 Å². The smallest absolute Gasteiger partial charge is 0.0372 e. The molecule has 2 nitrogen and oxygen atoms in total. The molecule has 0 spiro atoms. The summed E-state index contributed by atoms with van der Waals surface area (Å²) in [4.78, 5) is 0. The number of hydrogen-bond donors (Lipinski definition) is 2. The molecule has 108 valence electrons. The average molecular weight is 262 g/mol. The largest absolute Gasteiger partial charge is 0.385 e. The van der Waals surface area contributed by atoms with Crippen LogP contribution in [-0.2, 0) is 5.41 Å². The Kier molecular flexibility index (Phi) is 5.03. The minimum absolute atomic E-state index is 0.0655. The molecule has 0 aliphatic heterocycles. The van der Waals surface area contributed by atoms with Gasteiger partial charge in [0.1, 0.15) is 0 Å². The number of benzene rings is 1. The molecule has 0 atom stereocenters. The van der Waals surface area contributed by atoms with Crippen LogP contribution < -0.4 is 11.1 Å². The van der Waals surface area contributed by atoms with Crippen LogP contribution in [0.5, 0.6) is 0 Å². The van der Waals surface area contributed by atoms with Gasteiger partial charge < -0.3 is 11.1 Å². The van der Waals surface area contributed by atoms with Gasteiger partial charge in [-0.25, -0.2) is 0 Å². The van der Waals surface area contributed by atoms with Crippen LogP contribution in [0.2, 0.25) is 0 Å². The van der Waals surface area contributed by atoms with Crippen molar-refractivity contribution in [3.63, 3.8) is 0 Å². The average Bonchev–Trinajstić information content (AvgIpc) is 2.23. The fraction of sp³-hybridized carbons (Fsp3) is 0.647. The van der Waals surface area contributed by atoms with Crippen LogP contribution in [-0.4, -0.2) is 12.1 Å². The van der Waals surface area contributed by atoms with Gasteiger partial charge in [0.25, 0.3) is 0 Å². The molecular weight excluding hydrogens is 232 g/mol. The van der Waals surface area contributed by atoms with E-state index >= 15 is 0 Å². The molecule has 3 N–H and O–H groups in total. The summed E-state index contributed by atoms with van der Waals surface area (Å²) in [5.41, 5.74) is 10.1. The summed E-state index contributed by atoms with van der Waals surface area (Å²) in [5.74, 6) is 0. The molecular formula is C17H30N2. The van der Waals surface area contributed by atoms with Gasteiger partial charge in [0, 0.05) is 17.8 Å². The molecule has 19 heavy (non-hydrogen) atoms. The lowest BCUT2D eigenvalue weighted by Crippen LogP contribution is -2.32. The fourth-order valence-corrected chi connectivity index (χ4v) is 2.05. The van der Waals surface area contributed by atoms with Crippen molar-refractivity contribution in [3.8, 4) is 0 Å². The maximum Gasteiger partial charge on any atom is 0.0372 e. The summed E-state index contributed by atoms with van der Waals surface area (Å²) in [5, 5.41) is 3.54. The Balaban J connectivity index is 2.63. The highest BCUT2D eigenvalue weighted by Crippen LogP contribution is 2.27.